The first-order valence-corrected chi connectivity index (χ1v) is 4.83. The Balaban J connectivity index is 2.19. The van der Waals surface area contributed by atoms with Gasteiger partial charge in [-0.2, -0.15) is 0 Å². The van der Waals surface area contributed by atoms with E-state index in [9.17, 15) is 4.79 Å². The summed E-state index contributed by atoms with van der Waals surface area (Å²) >= 11 is 0. The van der Waals surface area contributed by atoms with Crippen molar-refractivity contribution in [2.75, 3.05) is 0 Å². The molecule has 0 saturated carbocycles. The number of carbonyl (C=O) groups is 1. The zero-order valence-electron chi connectivity index (χ0n) is 8.53. The number of carboxylic acids is 1. The van der Waals surface area contributed by atoms with Gasteiger partial charge in [0.05, 0.1) is 29.2 Å². The number of aromatic nitrogens is 5. The van der Waals surface area contributed by atoms with Gasteiger partial charge in [0, 0.05) is 0 Å². The fraction of sp³-hybridized carbons (Fsp3) is 0. The van der Waals surface area contributed by atoms with Crippen LogP contribution in [0.4, 0.5) is 0 Å². The van der Waals surface area contributed by atoms with Gasteiger partial charge in [-0.3, -0.25) is 0 Å². The second-order valence-corrected chi connectivity index (χ2v) is 3.44. The molecule has 0 bridgehead atoms. The standard InChI is InChI=1S/C10H7N5O2/c16-10(17)9-4-13-14-15(9)6-1-2-7-8(3-6)12-5-11-7/h1-5H,(H,11,12)(H,16,17). The van der Waals surface area contributed by atoms with Gasteiger partial charge in [-0.25, -0.2) is 14.5 Å². The van der Waals surface area contributed by atoms with Gasteiger partial charge in [0.25, 0.3) is 0 Å². The van der Waals surface area contributed by atoms with Crippen LogP contribution in [0.5, 0.6) is 0 Å². The van der Waals surface area contributed by atoms with Gasteiger partial charge < -0.3 is 10.1 Å². The Bertz CT molecular complexity index is 699. The zero-order valence-corrected chi connectivity index (χ0v) is 8.53. The number of rotatable bonds is 2. The topological polar surface area (TPSA) is 96.7 Å². The minimum atomic E-state index is -1.07. The number of aromatic carboxylic acids is 1. The molecule has 0 saturated heterocycles. The second-order valence-electron chi connectivity index (χ2n) is 3.44. The molecule has 0 aliphatic heterocycles. The Morgan fingerprint density at radius 2 is 2.29 bits per heavy atom. The first kappa shape index (κ1) is 9.52. The van der Waals surface area contributed by atoms with Crippen LogP contribution in [0.1, 0.15) is 10.5 Å². The lowest BCUT2D eigenvalue weighted by molar-refractivity contribution is 0.0687. The molecule has 0 spiro atoms. The summed E-state index contributed by atoms with van der Waals surface area (Å²) in [5.41, 5.74) is 2.26. The summed E-state index contributed by atoms with van der Waals surface area (Å²) in [4.78, 5) is 18.0. The van der Waals surface area contributed by atoms with Crippen LogP contribution < -0.4 is 0 Å². The molecule has 1 aromatic carbocycles. The van der Waals surface area contributed by atoms with E-state index in [1.54, 1.807) is 24.5 Å². The number of benzene rings is 1. The van der Waals surface area contributed by atoms with Crippen LogP contribution in [-0.2, 0) is 0 Å². The van der Waals surface area contributed by atoms with Crippen LogP contribution in [0.25, 0.3) is 16.7 Å². The number of hydrogen-bond acceptors (Lipinski definition) is 4. The molecule has 0 amide bonds. The van der Waals surface area contributed by atoms with E-state index in [2.05, 4.69) is 20.3 Å². The average molecular weight is 229 g/mol. The molecule has 2 N–H and O–H groups in total. The molecular weight excluding hydrogens is 222 g/mol. The normalized spacial score (nSPS) is 10.8. The van der Waals surface area contributed by atoms with Crippen molar-refractivity contribution < 1.29 is 9.90 Å². The summed E-state index contributed by atoms with van der Waals surface area (Å²) in [6, 6.07) is 5.29. The summed E-state index contributed by atoms with van der Waals surface area (Å²) in [5, 5.41) is 16.3. The Morgan fingerprint density at radius 3 is 3.12 bits per heavy atom. The largest absolute Gasteiger partial charge is 0.476 e. The highest BCUT2D eigenvalue weighted by molar-refractivity contribution is 5.86. The number of nitrogens with zero attached hydrogens (tertiary/aromatic N) is 4. The van der Waals surface area contributed by atoms with Gasteiger partial charge in [0.2, 0.25) is 0 Å². The third-order valence-corrected chi connectivity index (χ3v) is 2.42. The lowest BCUT2D eigenvalue weighted by Crippen LogP contribution is -2.07. The maximum Gasteiger partial charge on any atom is 0.356 e. The van der Waals surface area contributed by atoms with Crippen LogP contribution in [0.15, 0.2) is 30.7 Å². The average Bonchev–Trinajstić information content (AvgIpc) is 2.96. The van der Waals surface area contributed by atoms with Crippen molar-refractivity contribution in [2.45, 2.75) is 0 Å². The molecule has 2 aromatic heterocycles. The first-order valence-electron chi connectivity index (χ1n) is 4.83. The molecule has 84 valence electrons. The summed E-state index contributed by atoms with van der Waals surface area (Å²) in [5.74, 6) is -1.07. The van der Waals surface area contributed by atoms with Crippen molar-refractivity contribution in [1.82, 2.24) is 25.0 Å². The summed E-state index contributed by atoms with van der Waals surface area (Å²) in [7, 11) is 0. The molecule has 0 aliphatic carbocycles. The molecule has 2 heterocycles. The van der Waals surface area contributed by atoms with Crippen molar-refractivity contribution in [3.05, 3.63) is 36.4 Å². The van der Waals surface area contributed by atoms with Crippen molar-refractivity contribution in [2.24, 2.45) is 0 Å². The van der Waals surface area contributed by atoms with Gasteiger partial charge >= 0.3 is 5.97 Å². The van der Waals surface area contributed by atoms with Crippen LogP contribution >= 0.6 is 0 Å². The van der Waals surface area contributed by atoms with E-state index in [1.165, 1.54) is 10.9 Å². The van der Waals surface area contributed by atoms with Gasteiger partial charge in [0.15, 0.2) is 5.69 Å². The Hall–Kier alpha value is -2.70. The van der Waals surface area contributed by atoms with Gasteiger partial charge in [0.1, 0.15) is 0 Å². The van der Waals surface area contributed by atoms with E-state index >= 15 is 0 Å². The maximum atomic E-state index is 10.9. The quantitative estimate of drug-likeness (QED) is 0.678. The SMILES string of the molecule is O=C(O)c1cnnn1-c1ccc2nc[nH]c2c1. The molecular formula is C10H7N5O2. The Labute approximate surface area is 94.7 Å². The number of fused-ring (bicyclic) bond motifs is 1. The summed E-state index contributed by atoms with van der Waals surface area (Å²) in [6.45, 7) is 0. The van der Waals surface area contributed by atoms with Crippen molar-refractivity contribution >= 4 is 17.0 Å². The molecule has 0 fully saturated rings. The molecule has 0 unspecified atom stereocenters. The predicted molar refractivity (Wildman–Crippen MR) is 58.0 cm³/mol. The van der Waals surface area contributed by atoms with E-state index in [4.69, 9.17) is 5.11 Å². The smallest absolute Gasteiger partial charge is 0.356 e. The lowest BCUT2D eigenvalue weighted by atomic mass is 10.2. The van der Waals surface area contributed by atoms with Crippen LogP contribution in [-0.4, -0.2) is 36.0 Å². The molecule has 3 aromatic rings. The van der Waals surface area contributed by atoms with Gasteiger partial charge in [-0.1, -0.05) is 5.21 Å². The summed E-state index contributed by atoms with van der Waals surface area (Å²) < 4.78 is 1.27. The van der Waals surface area contributed by atoms with E-state index in [0.717, 1.165) is 11.0 Å². The van der Waals surface area contributed by atoms with Gasteiger partial charge in [-0.15, -0.1) is 5.10 Å². The molecule has 0 radical (unpaired) electrons. The highest BCUT2D eigenvalue weighted by atomic mass is 16.4. The maximum absolute atomic E-state index is 10.9. The van der Waals surface area contributed by atoms with E-state index in [-0.39, 0.29) is 5.69 Å². The van der Waals surface area contributed by atoms with Crippen LogP contribution in [0.3, 0.4) is 0 Å². The van der Waals surface area contributed by atoms with Crippen molar-refractivity contribution in [3.8, 4) is 5.69 Å². The fourth-order valence-corrected chi connectivity index (χ4v) is 1.63. The lowest BCUT2D eigenvalue weighted by Gasteiger charge is -2.02. The van der Waals surface area contributed by atoms with Gasteiger partial charge in [-0.05, 0) is 18.2 Å². The van der Waals surface area contributed by atoms with Crippen molar-refractivity contribution in [3.63, 3.8) is 0 Å². The first-order chi connectivity index (χ1) is 8.25. The monoisotopic (exact) mass is 229 g/mol. The van der Waals surface area contributed by atoms with E-state index < -0.39 is 5.97 Å². The number of imidazole rings is 1. The highest BCUT2D eigenvalue weighted by Gasteiger charge is 2.13. The minimum absolute atomic E-state index is 0.0175. The number of hydrogen-bond donors (Lipinski definition) is 2. The molecule has 3 rings (SSSR count). The van der Waals surface area contributed by atoms with E-state index in [1.807, 2.05) is 0 Å². The van der Waals surface area contributed by atoms with Crippen molar-refractivity contribution in [1.29, 1.82) is 0 Å². The third kappa shape index (κ3) is 1.44. The van der Waals surface area contributed by atoms with Crippen LogP contribution in [0.2, 0.25) is 0 Å². The molecule has 7 heteroatoms. The molecule has 7 nitrogen and oxygen atoms in total. The molecule has 17 heavy (non-hydrogen) atoms. The number of carboxylic acid groups (broad SMARTS) is 1. The second kappa shape index (κ2) is 3.41. The Kier molecular flexibility index (Phi) is 1.91. The summed E-state index contributed by atoms with van der Waals surface area (Å²) in [6.07, 6.45) is 2.79. The number of aromatic amines is 1. The zero-order chi connectivity index (χ0) is 11.8. The number of nitrogens with one attached hydrogen (secondary N) is 1. The molecule has 0 atom stereocenters. The van der Waals surface area contributed by atoms with E-state index in [0.29, 0.717) is 5.69 Å². The Morgan fingerprint density at radius 1 is 1.41 bits per heavy atom. The van der Waals surface area contributed by atoms with Crippen LogP contribution in [0, 0.1) is 0 Å². The third-order valence-electron chi connectivity index (χ3n) is 2.42. The fourth-order valence-electron chi connectivity index (χ4n) is 1.63. The number of H-pyrrole nitrogens is 1. The minimum Gasteiger partial charge on any atom is -0.476 e. The highest BCUT2D eigenvalue weighted by Crippen LogP contribution is 2.15. The predicted octanol–water partition coefficient (Wildman–Crippen LogP) is 0.842. The molecule has 0 aliphatic rings.